The monoisotopic (exact) mass is 443 g/mol. The van der Waals surface area contributed by atoms with E-state index < -0.39 is 6.61 Å². The van der Waals surface area contributed by atoms with Crippen molar-refractivity contribution in [3.05, 3.63) is 71.6 Å². The van der Waals surface area contributed by atoms with E-state index in [0.29, 0.717) is 27.7 Å². The fourth-order valence-electron chi connectivity index (χ4n) is 3.08. The number of amides is 1. The number of rotatable bonds is 6. The van der Waals surface area contributed by atoms with Crippen molar-refractivity contribution >= 4 is 34.7 Å². The number of halogens is 3. The quantitative estimate of drug-likeness (QED) is 0.449. The molecule has 10 heteroatoms. The molecule has 0 fully saturated rings. The van der Waals surface area contributed by atoms with E-state index in [9.17, 15) is 13.6 Å². The van der Waals surface area contributed by atoms with E-state index in [4.69, 9.17) is 11.6 Å². The number of nitrogens with one attached hydrogen (secondary N) is 2. The first-order chi connectivity index (χ1) is 15.0. The number of anilines is 2. The van der Waals surface area contributed by atoms with Gasteiger partial charge in [0.15, 0.2) is 11.5 Å². The van der Waals surface area contributed by atoms with Gasteiger partial charge in [-0.1, -0.05) is 11.6 Å². The lowest BCUT2D eigenvalue weighted by Gasteiger charge is -2.10. The Hall–Kier alpha value is -3.72. The van der Waals surface area contributed by atoms with Gasteiger partial charge in [0, 0.05) is 30.7 Å². The fourth-order valence-corrected chi connectivity index (χ4v) is 3.34. The van der Waals surface area contributed by atoms with Crippen LogP contribution in [0.2, 0.25) is 5.02 Å². The number of carbonyl (C=O) groups excluding carboxylic acids is 1. The van der Waals surface area contributed by atoms with Crippen LogP contribution in [0.1, 0.15) is 10.4 Å². The van der Waals surface area contributed by atoms with Crippen LogP contribution in [0.5, 0.6) is 5.75 Å². The van der Waals surface area contributed by atoms with Gasteiger partial charge in [-0.05, 0) is 42.5 Å². The highest BCUT2D eigenvalue weighted by Crippen LogP contribution is 2.28. The molecule has 2 aromatic heterocycles. The lowest BCUT2D eigenvalue weighted by atomic mass is 10.1. The minimum Gasteiger partial charge on any atom is -0.435 e. The lowest BCUT2D eigenvalue weighted by Crippen LogP contribution is -2.18. The molecule has 158 valence electrons. The Labute approximate surface area is 180 Å². The van der Waals surface area contributed by atoms with Gasteiger partial charge >= 0.3 is 6.61 Å². The van der Waals surface area contributed by atoms with Crippen LogP contribution in [0, 0.1) is 0 Å². The second kappa shape index (κ2) is 8.57. The fraction of sp³-hybridized carbons (Fsp3) is 0.0952. The summed E-state index contributed by atoms with van der Waals surface area (Å²) >= 11 is 6.22. The summed E-state index contributed by atoms with van der Waals surface area (Å²) in [6, 6.07) is 11.2. The molecular weight excluding hydrogens is 428 g/mol. The highest BCUT2D eigenvalue weighted by Gasteiger charge is 2.13. The van der Waals surface area contributed by atoms with Crippen molar-refractivity contribution in [3.8, 4) is 17.0 Å². The molecule has 4 aromatic rings. The third-order valence-electron chi connectivity index (χ3n) is 4.51. The molecule has 2 aromatic carbocycles. The average Bonchev–Trinajstić information content (AvgIpc) is 3.19. The average molecular weight is 444 g/mol. The van der Waals surface area contributed by atoms with E-state index in [-0.39, 0.29) is 11.7 Å². The number of alkyl halides is 2. The summed E-state index contributed by atoms with van der Waals surface area (Å²) in [5.74, 6) is 0.281. The van der Waals surface area contributed by atoms with Gasteiger partial charge in [-0.15, -0.1) is 0 Å². The number of benzene rings is 2. The molecule has 7 nitrogen and oxygen atoms in total. The number of nitrogens with zero attached hydrogens (tertiary/aromatic N) is 3. The van der Waals surface area contributed by atoms with E-state index in [1.54, 1.807) is 48.9 Å². The van der Waals surface area contributed by atoms with Crippen LogP contribution in [0.15, 0.2) is 61.1 Å². The second-order valence-corrected chi connectivity index (χ2v) is 6.82. The Balaban J connectivity index is 1.63. The maximum absolute atomic E-state index is 12.4. The second-order valence-electron chi connectivity index (χ2n) is 6.41. The predicted molar refractivity (Wildman–Crippen MR) is 113 cm³/mol. The molecule has 0 saturated heterocycles. The highest BCUT2D eigenvalue weighted by molar-refractivity contribution is 6.34. The number of hydrogen-bond donors (Lipinski definition) is 2. The molecule has 0 radical (unpaired) electrons. The lowest BCUT2D eigenvalue weighted by molar-refractivity contribution is -0.0498. The minimum absolute atomic E-state index is 0.0775. The van der Waals surface area contributed by atoms with Gasteiger partial charge < -0.3 is 15.4 Å². The van der Waals surface area contributed by atoms with Gasteiger partial charge in [0.2, 0.25) is 0 Å². The molecule has 0 unspecified atom stereocenters. The maximum Gasteiger partial charge on any atom is 0.387 e. The van der Waals surface area contributed by atoms with E-state index in [1.807, 2.05) is 4.40 Å². The molecule has 2 heterocycles. The summed E-state index contributed by atoms with van der Waals surface area (Å²) in [6.45, 7) is -2.87. The molecule has 0 atom stereocenters. The van der Waals surface area contributed by atoms with Gasteiger partial charge in [0.1, 0.15) is 5.75 Å². The molecule has 0 bridgehead atoms. The number of carbonyl (C=O) groups is 1. The van der Waals surface area contributed by atoms with Gasteiger partial charge in [-0.3, -0.25) is 9.20 Å². The van der Waals surface area contributed by atoms with Crippen LogP contribution in [0.4, 0.5) is 20.3 Å². The third-order valence-corrected chi connectivity index (χ3v) is 4.82. The van der Waals surface area contributed by atoms with Crippen LogP contribution in [0.3, 0.4) is 0 Å². The summed E-state index contributed by atoms with van der Waals surface area (Å²) in [7, 11) is 1.53. The molecule has 0 spiro atoms. The van der Waals surface area contributed by atoms with Crippen LogP contribution < -0.4 is 15.4 Å². The first-order valence-electron chi connectivity index (χ1n) is 9.12. The van der Waals surface area contributed by atoms with Crippen molar-refractivity contribution in [3.63, 3.8) is 0 Å². The summed E-state index contributed by atoms with van der Waals surface area (Å²) in [5.41, 5.74) is 3.07. The Morgan fingerprint density at radius 3 is 2.61 bits per heavy atom. The van der Waals surface area contributed by atoms with Crippen molar-refractivity contribution in [1.82, 2.24) is 19.7 Å². The van der Waals surface area contributed by atoms with Gasteiger partial charge in [-0.25, -0.2) is 9.97 Å². The summed E-state index contributed by atoms with van der Waals surface area (Å²) in [4.78, 5) is 20.6. The zero-order chi connectivity index (χ0) is 22.0. The summed E-state index contributed by atoms with van der Waals surface area (Å²) < 4.78 is 30.9. The van der Waals surface area contributed by atoms with Crippen LogP contribution in [0.25, 0.3) is 16.9 Å². The predicted octanol–water partition coefficient (Wildman–Crippen LogP) is 4.75. The van der Waals surface area contributed by atoms with Gasteiger partial charge in [-0.2, -0.15) is 8.78 Å². The normalized spacial score (nSPS) is 11.0. The summed E-state index contributed by atoms with van der Waals surface area (Å²) in [5, 5.41) is 5.98. The number of fused-ring (bicyclic) bond motifs is 1. The molecule has 4 rings (SSSR count). The smallest absolute Gasteiger partial charge is 0.387 e. The number of imidazole rings is 1. The zero-order valence-corrected chi connectivity index (χ0v) is 16.9. The summed E-state index contributed by atoms with van der Waals surface area (Å²) in [6.07, 6.45) is 5.01. The third kappa shape index (κ3) is 4.26. The van der Waals surface area contributed by atoms with E-state index in [2.05, 4.69) is 25.3 Å². The molecule has 0 aliphatic carbocycles. The SMILES string of the molecule is CNC(=O)c1ccc(Nc2nccn3c(-c4ccc(OC(F)F)cc4)cnc23)cc1Cl. The van der Waals surface area contributed by atoms with Crippen LogP contribution in [-0.4, -0.2) is 33.9 Å². The van der Waals surface area contributed by atoms with E-state index in [0.717, 1.165) is 11.3 Å². The Morgan fingerprint density at radius 1 is 1.16 bits per heavy atom. The first-order valence-corrected chi connectivity index (χ1v) is 9.50. The Kier molecular flexibility index (Phi) is 5.68. The largest absolute Gasteiger partial charge is 0.435 e. The first kappa shape index (κ1) is 20.5. The molecule has 2 N–H and O–H groups in total. The van der Waals surface area contributed by atoms with Crippen molar-refractivity contribution in [2.45, 2.75) is 6.61 Å². The zero-order valence-electron chi connectivity index (χ0n) is 16.1. The van der Waals surface area contributed by atoms with Crippen molar-refractivity contribution in [2.24, 2.45) is 0 Å². The minimum atomic E-state index is -2.87. The molecule has 0 aliphatic rings. The van der Waals surface area contributed by atoms with E-state index in [1.165, 1.54) is 19.2 Å². The van der Waals surface area contributed by atoms with Crippen molar-refractivity contribution in [1.29, 1.82) is 0 Å². The Morgan fingerprint density at radius 2 is 1.94 bits per heavy atom. The Bertz CT molecular complexity index is 1240. The van der Waals surface area contributed by atoms with Crippen molar-refractivity contribution < 1.29 is 18.3 Å². The van der Waals surface area contributed by atoms with Gasteiger partial charge in [0.25, 0.3) is 5.91 Å². The van der Waals surface area contributed by atoms with Crippen LogP contribution >= 0.6 is 11.6 Å². The highest BCUT2D eigenvalue weighted by atomic mass is 35.5. The molecule has 1 amide bonds. The molecule has 0 aliphatic heterocycles. The van der Waals surface area contributed by atoms with Gasteiger partial charge in [0.05, 0.1) is 22.5 Å². The van der Waals surface area contributed by atoms with Crippen LogP contribution in [-0.2, 0) is 0 Å². The van der Waals surface area contributed by atoms with E-state index >= 15 is 0 Å². The maximum atomic E-state index is 12.4. The molecule has 0 saturated carbocycles. The standard InChI is InChI=1S/C21H16ClF2N5O2/c1-25-20(30)15-7-4-13(10-16(15)22)28-18-19-27-11-17(29(19)9-8-26-18)12-2-5-14(6-3-12)31-21(23)24/h2-11,21H,1H3,(H,25,30)(H,26,28). The number of hydrogen-bond acceptors (Lipinski definition) is 5. The van der Waals surface area contributed by atoms with Crippen molar-refractivity contribution in [2.75, 3.05) is 12.4 Å². The molecule has 31 heavy (non-hydrogen) atoms. The number of ether oxygens (including phenoxy) is 1. The topological polar surface area (TPSA) is 80.6 Å². The molecular formula is C21H16ClF2N5O2. The number of aromatic nitrogens is 3.